The van der Waals surface area contributed by atoms with Crippen molar-refractivity contribution in [1.29, 1.82) is 0 Å². The predicted molar refractivity (Wildman–Crippen MR) is 142 cm³/mol. The lowest BCUT2D eigenvalue weighted by molar-refractivity contribution is -0.140. The first kappa shape index (κ1) is 30.8. The number of thioether (sulfide) groups is 2. The second-order valence-electron chi connectivity index (χ2n) is 8.31. The third kappa shape index (κ3) is 10.9. The summed E-state index contributed by atoms with van der Waals surface area (Å²) in [4.78, 5) is 76.5. The summed E-state index contributed by atoms with van der Waals surface area (Å²) in [6.45, 7) is 3.95. The summed E-state index contributed by atoms with van der Waals surface area (Å²) in [6.07, 6.45) is 9.14. The molecule has 14 heteroatoms. The second-order valence-corrected chi connectivity index (χ2v) is 10.8. The number of hydrogen-bond acceptors (Lipinski definition) is 11. The van der Waals surface area contributed by atoms with Crippen molar-refractivity contribution < 1.29 is 29.1 Å². The molecule has 2 aromatic rings. The van der Waals surface area contributed by atoms with Gasteiger partial charge < -0.3 is 15.7 Å². The first-order valence-electron chi connectivity index (χ1n) is 11.6. The van der Waals surface area contributed by atoms with Crippen LogP contribution in [0.4, 0.5) is 0 Å². The lowest BCUT2D eigenvalue weighted by Gasteiger charge is -2.21. The van der Waals surface area contributed by atoms with Crippen LogP contribution in [0.3, 0.4) is 0 Å². The van der Waals surface area contributed by atoms with Crippen molar-refractivity contribution >= 4 is 52.9 Å². The molecule has 0 aliphatic rings. The Balaban J connectivity index is 2.17. The number of aliphatic carboxylic acids is 1. The van der Waals surface area contributed by atoms with Gasteiger partial charge in [-0.1, -0.05) is 0 Å². The van der Waals surface area contributed by atoms with Gasteiger partial charge in [0.05, 0.1) is 27.9 Å². The van der Waals surface area contributed by atoms with Crippen molar-refractivity contribution in [3.05, 3.63) is 48.6 Å². The van der Waals surface area contributed by atoms with Crippen LogP contribution < -0.4 is 10.6 Å². The van der Waals surface area contributed by atoms with Crippen LogP contribution in [-0.2, 0) is 24.0 Å². The summed E-state index contributed by atoms with van der Waals surface area (Å²) in [6, 6.07) is -1.84. The molecule has 12 nitrogen and oxygen atoms in total. The molecule has 204 valence electrons. The quantitative estimate of drug-likeness (QED) is 0.269. The minimum atomic E-state index is -1.18. The van der Waals surface area contributed by atoms with Crippen LogP contribution in [-0.4, -0.2) is 78.0 Å². The molecule has 0 aliphatic carbocycles. The predicted octanol–water partition coefficient (Wildman–Crippen LogP) is 1.55. The summed E-state index contributed by atoms with van der Waals surface area (Å²) in [5.74, 6) is -2.09. The number of nitrogens with one attached hydrogen (secondary N) is 2. The number of carbonyl (C=O) groups excluding carboxylic acids is 4. The molecule has 38 heavy (non-hydrogen) atoms. The molecule has 3 N–H and O–H groups in total. The topological polar surface area (TPSA) is 181 Å². The molecule has 0 saturated carbocycles. The number of hydrogen-bond donors (Lipinski definition) is 3. The van der Waals surface area contributed by atoms with E-state index in [0.717, 1.165) is 0 Å². The summed E-state index contributed by atoms with van der Waals surface area (Å²) in [5, 5.41) is 13.5. The smallest absolute Gasteiger partial charge is 0.327 e. The maximum atomic E-state index is 13.3. The van der Waals surface area contributed by atoms with Gasteiger partial charge in [0, 0.05) is 75.4 Å². The van der Waals surface area contributed by atoms with Gasteiger partial charge in [-0.15, -0.1) is 23.5 Å². The van der Waals surface area contributed by atoms with Crippen molar-refractivity contribution in [3.8, 4) is 0 Å². The third-order valence-corrected chi connectivity index (χ3v) is 7.80. The standard InChI is InChI=1S/C24H30N6O6S2/c1-14(31)20(29-15(2)32)12-37-22(18-10-25-4-6-27-18)8-17(34)9-23(19-11-26-5-7-28-19)38-13-21(24(35)36)30-16(3)33/h4-7,10-11,20-23H,8-9,12-13H2,1-3H3,(H,29,32)(H,30,33)(H,35,36)/t20-,21-,22?,23?/m0/s1. The van der Waals surface area contributed by atoms with Crippen molar-refractivity contribution in [3.63, 3.8) is 0 Å². The third-order valence-electron chi connectivity index (χ3n) is 5.12. The molecule has 0 saturated heterocycles. The number of carboxylic acid groups (broad SMARTS) is 1. The van der Waals surface area contributed by atoms with Gasteiger partial charge in [0.15, 0.2) is 5.78 Å². The Kier molecular flexibility index (Phi) is 12.8. The number of rotatable bonds is 16. The van der Waals surface area contributed by atoms with Crippen LogP contribution in [0.25, 0.3) is 0 Å². The molecule has 2 rings (SSSR count). The van der Waals surface area contributed by atoms with Gasteiger partial charge in [-0.2, -0.15) is 0 Å². The molecule has 0 spiro atoms. The minimum absolute atomic E-state index is 0.0166. The Morgan fingerprint density at radius 1 is 0.763 bits per heavy atom. The van der Waals surface area contributed by atoms with Gasteiger partial charge in [-0.05, 0) is 6.92 Å². The first-order chi connectivity index (χ1) is 18.1. The van der Waals surface area contributed by atoms with E-state index in [2.05, 4.69) is 30.6 Å². The molecule has 0 fully saturated rings. The summed E-state index contributed by atoms with van der Waals surface area (Å²) >= 11 is 2.50. The number of ketones is 2. The first-order valence-corrected chi connectivity index (χ1v) is 13.7. The van der Waals surface area contributed by atoms with E-state index in [9.17, 15) is 29.1 Å². The molecule has 2 aromatic heterocycles. The lowest BCUT2D eigenvalue weighted by Crippen LogP contribution is -2.41. The largest absolute Gasteiger partial charge is 0.480 e. The van der Waals surface area contributed by atoms with Gasteiger partial charge >= 0.3 is 5.97 Å². The van der Waals surface area contributed by atoms with Gasteiger partial charge in [0.2, 0.25) is 11.8 Å². The van der Waals surface area contributed by atoms with E-state index >= 15 is 0 Å². The van der Waals surface area contributed by atoms with Crippen LogP contribution in [0.2, 0.25) is 0 Å². The van der Waals surface area contributed by atoms with E-state index in [1.165, 1.54) is 75.3 Å². The molecule has 2 heterocycles. The van der Waals surface area contributed by atoms with Crippen molar-refractivity contribution in [1.82, 2.24) is 30.6 Å². The summed E-state index contributed by atoms with van der Waals surface area (Å²) in [7, 11) is 0. The Hall–Kier alpha value is -3.39. The summed E-state index contributed by atoms with van der Waals surface area (Å²) in [5.41, 5.74) is 1.06. The molecular weight excluding hydrogens is 532 g/mol. The SMILES string of the molecule is CC(=O)N[C@@H](CSC(CC(=O)CC(SC[C@H](NC(C)=O)C(=O)O)c1cnccn1)c1cnccn1)C(C)=O. The zero-order valence-electron chi connectivity index (χ0n) is 21.2. The summed E-state index contributed by atoms with van der Waals surface area (Å²) < 4.78 is 0. The zero-order chi connectivity index (χ0) is 28.1. The minimum Gasteiger partial charge on any atom is -0.480 e. The monoisotopic (exact) mass is 562 g/mol. The highest BCUT2D eigenvalue weighted by Crippen LogP contribution is 2.36. The van der Waals surface area contributed by atoms with Crippen LogP contribution in [0.1, 0.15) is 55.5 Å². The Bertz CT molecular complexity index is 1020. The van der Waals surface area contributed by atoms with Crippen LogP contribution in [0.15, 0.2) is 37.2 Å². The van der Waals surface area contributed by atoms with Crippen molar-refractivity contribution in [2.45, 2.75) is 56.2 Å². The van der Waals surface area contributed by atoms with E-state index in [4.69, 9.17) is 0 Å². The Morgan fingerprint density at radius 3 is 1.58 bits per heavy atom. The van der Waals surface area contributed by atoms with Gasteiger partial charge in [-0.25, -0.2) is 4.79 Å². The molecule has 0 radical (unpaired) electrons. The molecule has 0 bridgehead atoms. The number of aromatic nitrogens is 4. The maximum Gasteiger partial charge on any atom is 0.327 e. The van der Waals surface area contributed by atoms with E-state index in [1.54, 1.807) is 6.20 Å². The number of nitrogens with zero attached hydrogens (tertiary/aromatic N) is 4. The van der Waals surface area contributed by atoms with Crippen molar-refractivity contribution in [2.24, 2.45) is 0 Å². The van der Waals surface area contributed by atoms with Crippen LogP contribution in [0, 0.1) is 0 Å². The average molecular weight is 563 g/mol. The van der Waals surface area contributed by atoms with E-state index in [-0.39, 0.29) is 41.8 Å². The highest BCUT2D eigenvalue weighted by atomic mass is 32.2. The van der Waals surface area contributed by atoms with E-state index in [1.807, 2.05) is 0 Å². The number of carboxylic acids is 1. The highest BCUT2D eigenvalue weighted by molar-refractivity contribution is 7.99. The fourth-order valence-electron chi connectivity index (χ4n) is 3.30. The zero-order valence-corrected chi connectivity index (χ0v) is 22.8. The maximum absolute atomic E-state index is 13.3. The van der Waals surface area contributed by atoms with Gasteiger partial charge in [0.1, 0.15) is 11.8 Å². The molecule has 0 aliphatic heterocycles. The lowest BCUT2D eigenvalue weighted by atomic mass is 10.1. The van der Waals surface area contributed by atoms with Crippen LogP contribution in [0.5, 0.6) is 0 Å². The van der Waals surface area contributed by atoms with E-state index in [0.29, 0.717) is 11.4 Å². The van der Waals surface area contributed by atoms with Crippen molar-refractivity contribution in [2.75, 3.05) is 11.5 Å². The van der Waals surface area contributed by atoms with Crippen LogP contribution >= 0.6 is 23.5 Å². The average Bonchev–Trinajstić information content (AvgIpc) is 2.87. The highest BCUT2D eigenvalue weighted by Gasteiger charge is 2.27. The van der Waals surface area contributed by atoms with E-state index < -0.39 is 34.5 Å². The van der Waals surface area contributed by atoms with Gasteiger partial charge in [-0.3, -0.25) is 39.1 Å². The molecule has 0 aromatic carbocycles. The Labute approximate surface area is 228 Å². The fraction of sp³-hybridized carbons (Fsp3) is 0.458. The molecule has 2 amide bonds. The normalized spacial score (nSPS) is 14.0. The molecule has 2 unspecified atom stereocenters. The van der Waals surface area contributed by atoms with Gasteiger partial charge in [0.25, 0.3) is 0 Å². The fourth-order valence-corrected chi connectivity index (χ4v) is 5.89. The molecule has 4 atom stereocenters. The number of carbonyl (C=O) groups is 5. The Morgan fingerprint density at radius 2 is 1.21 bits per heavy atom. The number of Topliss-reactive ketones (excluding diaryl/α,β-unsaturated/α-hetero) is 2. The number of amides is 2. The molecular formula is C24H30N6O6S2. The second kappa shape index (κ2) is 15.8.